The number of aryl methyl sites for hydroxylation is 2. The fraction of sp³-hybridized carbons (Fsp3) is 0.483. The molecule has 2 saturated heterocycles. The van der Waals surface area contributed by atoms with Crippen LogP contribution >= 0.6 is 0 Å². The highest BCUT2D eigenvalue weighted by Crippen LogP contribution is 2.37. The minimum absolute atomic E-state index is 0.0234. The van der Waals surface area contributed by atoms with Crippen LogP contribution in [0.2, 0.25) is 0 Å². The molecule has 2 heterocycles. The second kappa shape index (κ2) is 10.8. The average molecular weight is 491 g/mol. The van der Waals surface area contributed by atoms with Gasteiger partial charge in [0.2, 0.25) is 0 Å². The van der Waals surface area contributed by atoms with Crippen LogP contribution in [0.4, 0.5) is 4.79 Å². The van der Waals surface area contributed by atoms with Gasteiger partial charge in [-0.25, -0.2) is 4.79 Å². The van der Waals surface area contributed by atoms with Crippen molar-refractivity contribution in [2.45, 2.75) is 45.1 Å². The number of nitrogens with one attached hydrogen (secondary N) is 1. The second-order valence-electron chi connectivity index (χ2n) is 10.5. The van der Waals surface area contributed by atoms with E-state index in [1.165, 1.54) is 4.90 Å². The van der Waals surface area contributed by atoms with Crippen LogP contribution in [-0.2, 0) is 11.2 Å². The zero-order valence-electron chi connectivity index (χ0n) is 21.9. The van der Waals surface area contributed by atoms with Crippen LogP contribution in [0.25, 0.3) is 0 Å². The van der Waals surface area contributed by atoms with Gasteiger partial charge < -0.3 is 15.1 Å². The zero-order valence-corrected chi connectivity index (χ0v) is 21.9. The van der Waals surface area contributed by atoms with E-state index in [1.807, 2.05) is 74.1 Å². The van der Waals surface area contributed by atoms with Gasteiger partial charge in [-0.15, -0.1) is 0 Å². The number of piperidine rings is 1. The summed E-state index contributed by atoms with van der Waals surface area (Å²) in [4.78, 5) is 45.4. The van der Waals surface area contributed by atoms with Crippen LogP contribution in [0, 0.1) is 19.8 Å². The molecule has 1 atom stereocenters. The maximum absolute atomic E-state index is 13.8. The first-order chi connectivity index (χ1) is 17.2. The van der Waals surface area contributed by atoms with E-state index in [9.17, 15) is 14.4 Å². The van der Waals surface area contributed by atoms with Crippen molar-refractivity contribution in [3.8, 4) is 0 Å². The number of nitrogens with zero attached hydrogens (tertiary/aromatic N) is 3. The van der Waals surface area contributed by atoms with Crippen LogP contribution in [0.1, 0.15) is 46.3 Å². The topological polar surface area (TPSA) is 73.0 Å². The molecule has 2 aromatic carbocycles. The molecule has 2 aliphatic rings. The summed E-state index contributed by atoms with van der Waals surface area (Å²) in [6, 6.07) is 15.6. The van der Waals surface area contributed by atoms with Crippen molar-refractivity contribution >= 4 is 17.8 Å². The molecule has 0 aromatic heterocycles. The molecule has 0 bridgehead atoms. The lowest BCUT2D eigenvalue weighted by Crippen LogP contribution is -2.57. The molecule has 4 rings (SSSR count). The normalized spacial score (nSPS) is 20.8. The third-order valence-electron chi connectivity index (χ3n) is 7.94. The summed E-state index contributed by atoms with van der Waals surface area (Å²) in [5.74, 6) is -0.100. The molecule has 2 aliphatic heterocycles. The second-order valence-corrected chi connectivity index (χ2v) is 10.5. The van der Waals surface area contributed by atoms with Crippen LogP contribution in [-0.4, -0.2) is 78.4 Å². The molecule has 2 aromatic rings. The number of likely N-dealkylation sites (tertiary alicyclic amines) is 1. The van der Waals surface area contributed by atoms with Gasteiger partial charge in [0.05, 0.1) is 0 Å². The van der Waals surface area contributed by atoms with Crippen LogP contribution < -0.4 is 5.32 Å². The van der Waals surface area contributed by atoms with Gasteiger partial charge in [-0.05, 0) is 82.3 Å². The van der Waals surface area contributed by atoms with Crippen molar-refractivity contribution in [3.05, 3.63) is 70.8 Å². The van der Waals surface area contributed by atoms with Crippen molar-refractivity contribution in [2.24, 2.45) is 5.92 Å². The van der Waals surface area contributed by atoms with Gasteiger partial charge in [-0.3, -0.25) is 14.5 Å². The van der Waals surface area contributed by atoms with Crippen molar-refractivity contribution in [3.63, 3.8) is 0 Å². The predicted molar refractivity (Wildman–Crippen MR) is 141 cm³/mol. The summed E-state index contributed by atoms with van der Waals surface area (Å²) in [5, 5.41) is 3.14. The minimum Gasteiger partial charge on any atom is -0.339 e. The predicted octanol–water partition coefficient (Wildman–Crippen LogP) is 3.64. The van der Waals surface area contributed by atoms with Gasteiger partial charge in [0.1, 0.15) is 5.54 Å². The maximum Gasteiger partial charge on any atom is 0.325 e. The number of imide groups is 1. The Kier molecular flexibility index (Phi) is 7.79. The van der Waals surface area contributed by atoms with Crippen molar-refractivity contribution in [1.29, 1.82) is 0 Å². The molecule has 7 heteroatoms. The highest BCUT2D eigenvalue weighted by Gasteiger charge is 2.55. The Morgan fingerprint density at radius 2 is 1.72 bits per heavy atom. The maximum atomic E-state index is 13.8. The smallest absolute Gasteiger partial charge is 0.325 e. The monoisotopic (exact) mass is 490 g/mol. The molecule has 0 spiro atoms. The fourth-order valence-corrected chi connectivity index (χ4v) is 5.51. The van der Waals surface area contributed by atoms with Gasteiger partial charge in [-0.1, -0.05) is 42.5 Å². The summed E-state index contributed by atoms with van der Waals surface area (Å²) >= 11 is 0. The minimum atomic E-state index is -0.937. The molecule has 7 nitrogen and oxygen atoms in total. The van der Waals surface area contributed by atoms with Crippen LogP contribution in [0.3, 0.4) is 0 Å². The Bertz CT molecular complexity index is 1110. The van der Waals surface area contributed by atoms with E-state index in [-0.39, 0.29) is 23.8 Å². The van der Waals surface area contributed by atoms with E-state index in [0.717, 1.165) is 22.3 Å². The van der Waals surface area contributed by atoms with Gasteiger partial charge in [-0.2, -0.15) is 0 Å². The summed E-state index contributed by atoms with van der Waals surface area (Å²) in [6.45, 7) is 6.15. The van der Waals surface area contributed by atoms with E-state index in [0.29, 0.717) is 51.9 Å². The average Bonchev–Trinajstić information content (AvgIpc) is 3.13. The lowest BCUT2D eigenvalue weighted by molar-refractivity contribution is -0.134. The molecular formula is C29H38N4O3. The zero-order chi connectivity index (χ0) is 25.9. The van der Waals surface area contributed by atoms with Crippen molar-refractivity contribution < 1.29 is 14.4 Å². The van der Waals surface area contributed by atoms with Crippen molar-refractivity contribution in [2.75, 3.05) is 40.3 Å². The Balaban J connectivity index is 1.52. The molecule has 1 unspecified atom stereocenters. The number of carbonyl (C=O) groups excluding carboxylic acids is 3. The standard InChI is InChI=1S/C29H38N4O3/c1-21-9-8-12-25(22(21)2)26(34)32-17-14-24(15-18-32)29(16-13-23-10-6-5-7-11-23)27(35)33(28(36)30-29)20-19-31(3)4/h5-12,24H,13-20H2,1-4H3,(H,30,36). The van der Waals surface area contributed by atoms with E-state index in [2.05, 4.69) is 17.4 Å². The van der Waals surface area contributed by atoms with Crippen LogP contribution in [0.5, 0.6) is 0 Å². The fourth-order valence-electron chi connectivity index (χ4n) is 5.51. The number of hydrogen-bond donors (Lipinski definition) is 1. The Labute approximate surface area is 214 Å². The largest absolute Gasteiger partial charge is 0.339 e. The number of likely N-dealkylation sites (N-methyl/N-ethyl adjacent to an activating group) is 1. The Morgan fingerprint density at radius 1 is 1.03 bits per heavy atom. The third kappa shape index (κ3) is 5.16. The Morgan fingerprint density at radius 3 is 2.39 bits per heavy atom. The highest BCUT2D eigenvalue weighted by molar-refractivity contribution is 6.07. The molecular weight excluding hydrogens is 452 g/mol. The number of carbonyl (C=O) groups is 3. The Hall–Kier alpha value is -3.19. The number of rotatable bonds is 8. The molecule has 2 fully saturated rings. The first-order valence-corrected chi connectivity index (χ1v) is 12.9. The summed E-state index contributed by atoms with van der Waals surface area (Å²) < 4.78 is 0. The molecule has 1 N–H and O–H groups in total. The van der Waals surface area contributed by atoms with Crippen molar-refractivity contribution in [1.82, 2.24) is 20.0 Å². The van der Waals surface area contributed by atoms with E-state index >= 15 is 0 Å². The number of benzene rings is 2. The number of amides is 4. The highest BCUT2D eigenvalue weighted by atomic mass is 16.2. The molecule has 0 saturated carbocycles. The third-order valence-corrected chi connectivity index (χ3v) is 7.94. The lowest BCUT2D eigenvalue weighted by Gasteiger charge is -2.41. The molecule has 0 aliphatic carbocycles. The molecule has 36 heavy (non-hydrogen) atoms. The summed E-state index contributed by atoms with van der Waals surface area (Å²) in [6.07, 6.45) is 2.61. The summed E-state index contributed by atoms with van der Waals surface area (Å²) in [5.41, 5.74) is 3.07. The lowest BCUT2D eigenvalue weighted by atomic mass is 9.74. The molecule has 192 valence electrons. The first kappa shape index (κ1) is 25.9. The number of urea groups is 1. The molecule has 4 amide bonds. The van der Waals surface area contributed by atoms with E-state index < -0.39 is 5.54 Å². The molecule has 0 radical (unpaired) electrons. The van der Waals surface area contributed by atoms with E-state index in [4.69, 9.17) is 0 Å². The summed E-state index contributed by atoms with van der Waals surface area (Å²) in [7, 11) is 3.87. The van der Waals surface area contributed by atoms with Gasteiger partial charge in [0.25, 0.3) is 11.8 Å². The quantitative estimate of drug-likeness (QED) is 0.574. The first-order valence-electron chi connectivity index (χ1n) is 12.9. The SMILES string of the molecule is Cc1cccc(C(=O)N2CCC(C3(CCc4ccccc4)NC(=O)N(CCN(C)C)C3=O)CC2)c1C. The van der Waals surface area contributed by atoms with Gasteiger partial charge in [0.15, 0.2) is 0 Å². The van der Waals surface area contributed by atoms with Gasteiger partial charge >= 0.3 is 6.03 Å². The van der Waals surface area contributed by atoms with E-state index in [1.54, 1.807) is 0 Å². The van der Waals surface area contributed by atoms with Crippen LogP contribution in [0.15, 0.2) is 48.5 Å². The number of hydrogen-bond acceptors (Lipinski definition) is 4. The van der Waals surface area contributed by atoms with Gasteiger partial charge in [0, 0.05) is 31.7 Å².